The lowest BCUT2D eigenvalue weighted by Gasteiger charge is -2.35. The molecule has 2 amide bonds. The SMILES string of the molecule is O=C(N1CCCCCC1)N1CCC(O)c2ccccc21. The molecular weight excluding hydrogens is 252 g/mol. The lowest BCUT2D eigenvalue weighted by atomic mass is 9.99. The fourth-order valence-electron chi connectivity index (χ4n) is 3.17. The smallest absolute Gasteiger partial charge is 0.324 e. The topological polar surface area (TPSA) is 43.8 Å². The van der Waals surface area contributed by atoms with Crippen LogP contribution in [0.4, 0.5) is 10.5 Å². The van der Waals surface area contributed by atoms with Crippen LogP contribution >= 0.6 is 0 Å². The van der Waals surface area contributed by atoms with Gasteiger partial charge in [0.15, 0.2) is 0 Å². The summed E-state index contributed by atoms with van der Waals surface area (Å²) in [6, 6.07) is 7.81. The molecule has 2 heterocycles. The summed E-state index contributed by atoms with van der Waals surface area (Å²) in [7, 11) is 0. The number of urea groups is 1. The monoisotopic (exact) mass is 274 g/mol. The number of rotatable bonds is 0. The van der Waals surface area contributed by atoms with Gasteiger partial charge in [0, 0.05) is 25.2 Å². The third-order valence-electron chi connectivity index (χ3n) is 4.32. The summed E-state index contributed by atoms with van der Waals surface area (Å²) in [5, 5.41) is 10.1. The van der Waals surface area contributed by atoms with Crippen LogP contribution in [0.15, 0.2) is 24.3 Å². The van der Waals surface area contributed by atoms with Crippen LogP contribution < -0.4 is 4.90 Å². The molecule has 1 unspecified atom stereocenters. The maximum atomic E-state index is 12.7. The lowest BCUT2D eigenvalue weighted by Crippen LogP contribution is -2.46. The zero-order valence-electron chi connectivity index (χ0n) is 11.8. The van der Waals surface area contributed by atoms with Crippen molar-refractivity contribution in [3.05, 3.63) is 29.8 Å². The van der Waals surface area contributed by atoms with Gasteiger partial charge in [-0.2, -0.15) is 0 Å². The molecule has 2 aliphatic heterocycles. The average Bonchev–Trinajstić information content (AvgIpc) is 2.76. The third kappa shape index (κ3) is 2.52. The quantitative estimate of drug-likeness (QED) is 0.790. The minimum Gasteiger partial charge on any atom is -0.388 e. The van der Waals surface area contributed by atoms with Crippen molar-refractivity contribution in [2.75, 3.05) is 24.5 Å². The number of anilines is 1. The Kier molecular flexibility index (Phi) is 3.92. The molecule has 4 heteroatoms. The first-order valence-corrected chi connectivity index (χ1v) is 7.61. The van der Waals surface area contributed by atoms with Crippen LogP contribution in [0.25, 0.3) is 0 Å². The van der Waals surface area contributed by atoms with Gasteiger partial charge in [-0.05, 0) is 25.3 Å². The second kappa shape index (κ2) is 5.83. The van der Waals surface area contributed by atoms with Gasteiger partial charge < -0.3 is 10.0 Å². The highest BCUT2D eigenvalue weighted by Crippen LogP contribution is 2.34. The van der Waals surface area contributed by atoms with Crippen LogP contribution in [0.5, 0.6) is 0 Å². The summed E-state index contributed by atoms with van der Waals surface area (Å²) in [5.74, 6) is 0. The number of carbonyl (C=O) groups is 1. The second-order valence-corrected chi connectivity index (χ2v) is 5.70. The Balaban J connectivity index is 1.83. The Morgan fingerprint density at radius 2 is 1.75 bits per heavy atom. The molecule has 1 saturated heterocycles. The Labute approximate surface area is 120 Å². The Morgan fingerprint density at radius 3 is 2.50 bits per heavy atom. The van der Waals surface area contributed by atoms with Crippen molar-refractivity contribution < 1.29 is 9.90 Å². The van der Waals surface area contributed by atoms with E-state index in [1.165, 1.54) is 12.8 Å². The molecule has 2 aliphatic rings. The first kappa shape index (κ1) is 13.4. The standard InChI is InChI=1S/C16H22N2O2/c19-15-9-12-18(14-8-4-3-7-13(14)15)16(20)17-10-5-1-2-6-11-17/h3-4,7-8,15,19H,1-2,5-6,9-12H2. The summed E-state index contributed by atoms with van der Waals surface area (Å²) in [4.78, 5) is 16.6. The van der Waals surface area contributed by atoms with Crippen LogP contribution in [0.2, 0.25) is 0 Å². The number of fused-ring (bicyclic) bond motifs is 1. The van der Waals surface area contributed by atoms with E-state index < -0.39 is 6.10 Å². The fourth-order valence-corrected chi connectivity index (χ4v) is 3.17. The first-order valence-electron chi connectivity index (χ1n) is 7.61. The summed E-state index contributed by atoms with van der Waals surface area (Å²) >= 11 is 0. The number of likely N-dealkylation sites (tertiary alicyclic amines) is 1. The number of aliphatic hydroxyl groups is 1. The lowest BCUT2D eigenvalue weighted by molar-refractivity contribution is 0.161. The number of carbonyl (C=O) groups excluding carboxylic acids is 1. The van der Waals surface area contributed by atoms with Gasteiger partial charge in [-0.25, -0.2) is 4.79 Å². The van der Waals surface area contributed by atoms with Crippen molar-refractivity contribution >= 4 is 11.7 Å². The van der Waals surface area contributed by atoms with Gasteiger partial charge in [0.25, 0.3) is 0 Å². The molecule has 1 aromatic rings. The second-order valence-electron chi connectivity index (χ2n) is 5.70. The number of benzene rings is 1. The molecule has 1 atom stereocenters. The zero-order chi connectivity index (χ0) is 13.9. The van der Waals surface area contributed by atoms with Crippen LogP contribution in [0.1, 0.15) is 43.8 Å². The fraction of sp³-hybridized carbons (Fsp3) is 0.562. The van der Waals surface area contributed by atoms with Crippen molar-refractivity contribution in [1.29, 1.82) is 0 Å². The number of hydrogen-bond acceptors (Lipinski definition) is 2. The molecule has 1 fully saturated rings. The summed E-state index contributed by atoms with van der Waals surface area (Å²) in [5.41, 5.74) is 1.75. The number of amides is 2. The van der Waals surface area contributed by atoms with Crippen LogP contribution in [-0.4, -0.2) is 35.7 Å². The van der Waals surface area contributed by atoms with Crippen molar-refractivity contribution in [2.45, 2.75) is 38.2 Å². The molecule has 108 valence electrons. The molecule has 1 aromatic carbocycles. The molecule has 4 nitrogen and oxygen atoms in total. The van der Waals surface area contributed by atoms with Gasteiger partial charge in [-0.1, -0.05) is 31.0 Å². The van der Waals surface area contributed by atoms with E-state index in [4.69, 9.17) is 0 Å². The van der Waals surface area contributed by atoms with Crippen molar-refractivity contribution in [3.8, 4) is 0 Å². The Hall–Kier alpha value is -1.55. The molecule has 0 aromatic heterocycles. The van der Waals surface area contributed by atoms with E-state index in [9.17, 15) is 9.90 Å². The maximum absolute atomic E-state index is 12.7. The molecule has 0 radical (unpaired) electrons. The molecule has 0 spiro atoms. The molecule has 1 N–H and O–H groups in total. The van der Waals surface area contributed by atoms with Gasteiger partial charge in [0.2, 0.25) is 0 Å². The predicted octanol–water partition coefficient (Wildman–Crippen LogP) is 2.93. The Morgan fingerprint density at radius 1 is 1.05 bits per heavy atom. The van der Waals surface area contributed by atoms with Gasteiger partial charge in [0.05, 0.1) is 11.8 Å². The minimum atomic E-state index is -0.445. The van der Waals surface area contributed by atoms with E-state index >= 15 is 0 Å². The number of nitrogens with zero attached hydrogens (tertiary/aromatic N) is 2. The van der Waals surface area contributed by atoms with Crippen molar-refractivity contribution in [3.63, 3.8) is 0 Å². The van der Waals surface area contributed by atoms with Crippen LogP contribution in [0, 0.1) is 0 Å². The minimum absolute atomic E-state index is 0.103. The summed E-state index contributed by atoms with van der Waals surface area (Å²) < 4.78 is 0. The predicted molar refractivity (Wildman–Crippen MR) is 78.8 cm³/mol. The maximum Gasteiger partial charge on any atom is 0.324 e. The molecule has 0 saturated carbocycles. The van der Waals surface area contributed by atoms with Gasteiger partial charge in [0.1, 0.15) is 0 Å². The number of hydrogen-bond donors (Lipinski definition) is 1. The number of aliphatic hydroxyl groups excluding tert-OH is 1. The van der Waals surface area contributed by atoms with Crippen LogP contribution in [0.3, 0.4) is 0 Å². The van der Waals surface area contributed by atoms with E-state index in [1.807, 2.05) is 34.1 Å². The Bertz CT molecular complexity index is 481. The highest BCUT2D eigenvalue weighted by Gasteiger charge is 2.30. The molecular formula is C16H22N2O2. The summed E-state index contributed by atoms with van der Waals surface area (Å²) in [6.07, 6.45) is 4.82. The highest BCUT2D eigenvalue weighted by atomic mass is 16.3. The van der Waals surface area contributed by atoms with E-state index in [-0.39, 0.29) is 6.03 Å². The van der Waals surface area contributed by atoms with Gasteiger partial charge in [-0.15, -0.1) is 0 Å². The van der Waals surface area contributed by atoms with E-state index in [2.05, 4.69) is 0 Å². The number of para-hydroxylation sites is 1. The van der Waals surface area contributed by atoms with Gasteiger partial charge >= 0.3 is 6.03 Å². The van der Waals surface area contributed by atoms with E-state index in [1.54, 1.807) is 0 Å². The van der Waals surface area contributed by atoms with Crippen molar-refractivity contribution in [1.82, 2.24) is 4.90 Å². The van der Waals surface area contributed by atoms with Gasteiger partial charge in [-0.3, -0.25) is 4.90 Å². The highest BCUT2D eigenvalue weighted by molar-refractivity contribution is 5.93. The molecule has 3 rings (SSSR count). The molecule has 0 bridgehead atoms. The zero-order valence-corrected chi connectivity index (χ0v) is 11.8. The normalized spacial score (nSPS) is 23.1. The van der Waals surface area contributed by atoms with Crippen LogP contribution in [-0.2, 0) is 0 Å². The average molecular weight is 274 g/mol. The first-order chi connectivity index (χ1) is 9.77. The van der Waals surface area contributed by atoms with E-state index in [0.717, 1.165) is 37.2 Å². The third-order valence-corrected chi connectivity index (χ3v) is 4.32. The molecule has 20 heavy (non-hydrogen) atoms. The summed E-state index contributed by atoms with van der Waals surface area (Å²) in [6.45, 7) is 2.33. The van der Waals surface area contributed by atoms with Crippen molar-refractivity contribution in [2.24, 2.45) is 0 Å². The molecule has 0 aliphatic carbocycles. The largest absolute Gasteiger partial charge is 0.388 e. The van der Waals surface area contributed by atoms with E-state index in [0.29, 0.717) is 13.0 Å².